The van der Waals surface area contributed by atoms with Gasteiger partial charge in [0.2, 0.25) is 0 Å². The first-order valence-corrected chi connectivity index (χ1v) is 6.14. The van der Waals surface area contributed by atoms with Crippen LogP contribution in [0.5, 0.6) is 0 Å². The number of alkyl halides is 3. The third kappa shape index (κ3) is 3.31. The van der Waals surface area contributed by atoms with Gasteiger partial charge in [0.1, 0.15) is 0 Å². The molecule has 0 atom stereocenters. The molecule has 0 unspecified atom stereocenters. The summed E-state index contributed by atoms with van der Waals surface area (Å²) >= 11 is 0. The molecule has 0 spiro atoms. The van der Waals surface area contributed by atoms with Gasteiger partial charge in [-0.1, -0.05) is 6.07 Å². The fraction of sp³-hybridized carbons (Fsp3) is 0.357. The van der Waals surface area contributed by atoms with Crippen LogP contribution in [0.15, 0.2) is 24.3 Å². The van der Waals surface area contributed by atoms with E-state index in [0.717, 1.165) is 31.1 Å². The van der Waals surface area contributed by atoms with E-state index < -0.39 is 17.7 Å². The number of carboxylic acid groups (broad SMARTS) is 1. The van der Waals surface area contributed by atoms with Crippen molar-refractivity contribution in [3.63, 3.8) is 0 Å². The Kier molecular flexibility index (Phi) is 3.74. The minimum Gasteiger partial charge on any atom is -0.478 e. The molecule has 0 heterocycles. The topological polar surface area (TPSA) is 40.5 Å². The standard InChI is InChI=1S/C14H14F3NO2/c1-18(10-4-5-10)12-6-2-9(3-7-13(19)20)8-11(12)14(15,16)17/h2-3,6-8,10H,4-5H2,1H3,(H,19,20)/b7-3+. The van der Waals surface area contributed by atoms with E-state index in [2.05, 4.69) is 0 Å². The minimum atomic E-state index is -4.47. The van der Waals surface area contributed by atoms with Crippen LogP contribution in [0, 0.1) is 0 Å². The summed E-state index contributed by atoms with van der Waals surface area (Å²) in [5, 5.41) is 8.51. The minimum absolute atomic E-state index is 0.132. The van der Waals surface area contributed by atoms with Crippen molar-refractivity contribution < 1.29 is 23.1 Å². The highest BCUT2D eigenvalue weighted by Gasteiger charge is 2.37. The number of benzene rings is 1. The summed E-state index contributed by atoms with van der Waals surface area (Å²) in [5.74, 6) is -1.20. The van der Waals surface area contributed by atoms with Gasteiger partial charge in [0.05, 0.1) is 5.56 Å². The Hall–Kier alpha value is -1.98. The highest BCUT2D eigenvalue weighted by Crippen LogP contribution is 2.40. The van der Waals surface area contributed by atoms with E-state index in [-0.39, 0.29) is 17.3 Å². The molecule has 0 bridgehead atoms. The first kappa shape index (κ1) is 14.4. The van der Waals surface area contributed by atoms with Gasteiger partial charge in [-0.3, -0.25) is 0 Å². The third-order valence-corrected chi connectivity index (χ3v) is 3.22. The maximum atomic E-state index is 13.1. The molecule has 0 radical (unpaired) electrons. The Morgan fingerprint density at radius 1 is 1.40 bits per heavy atom. The molecule has 6 heteroatoms. The zero-order valence-electron chi connectivity index (χ0n) is 10.8. The molecular formula is C14H14F3NO2. The Balaban J connectivity index is 2.40. The van der Waals surface area contributed by atoms with Crippen LogP contribution in [0.1, 0.15) is 24.0 Å². The third-order valence-electron chi connectivity index (χ3n) is 3.22. The second kappa shape index (κ2) is 5.19. The number of aliphatic carboxylic acids is 1. The lowest BCUT2D eigenvalue weighted by Crippen LogP contribution is -2.23. The highest BCUT2D eigenvalue weighted by atomic mass is 19.4. The van der Waals surface area contributed by atoms with E-state index >= 15 is 0 Å². The SMILES string of the molecule is CN(c1ccc(/C=C/C(=O)O)cc1C(F)(F)F)C1CC1. The molecule has 0 aromatic heterocycles. The summed E-state index contributed by atoms with van der Waals surface area (Å²) < 4.78 is 39.3. The number of nitrogens with zero attached hydrogens (tertiary/aromatic N) is 1. The molecular weight excluding hydrogens is 271 g/mol. The van der Waals surface area contributed by atoms with Crippen molar-refractivity contribution in [1.82, 2.24) is 0 Å². The van der Waals surface area contributed by atoms with Crippen LogP contribution in [0.25, 0.3) is 6.08 Å². The summed E-state index contributed by atoms with van der Waals surface area (Å²) in [6.07, 6.45) is -0.702. The van der Waals surface area contributed by atoms with Gasteiger partial charge in [-0.25, -0.2) is 4.79 Å². The fourth-order valence-electron chi connectivity index (χ4n) is 2.02. The predicted octanol–water partition coefficient (Wildman–Crippen LogP) is 3.40. The Labute approximate surface area is 114 Å². The zero-order valence-corrected chi connectivity index (χ0v) is 10.8. The molecule has 0 amide bonds. The Morgan fingerprint density at radius 2 is 2.05 bits per heavy atom. The van der Waals surface area contributed by atoms with Gasteiger partial charge in [-0.2, -0.15) is 13.2 Å². The zero-order chi connectivity index (χ0) is 14.9. The number of carboxylic acids is 1. The predicted molar refractivity (Wildman–Crippen MR) is 69.5 cm³/mol. The van der Waals surface area contributed by atoms with E-state index in [1.54, 1.807) is 11.9 Å². The van der Waals surface area contributed by atoms with Gasteiger partial charge < -0.3 is 10.0 Å². The second-order valence-corrected chi connectivity index (χ2v) is 4.79. The maximum Gasteiger partial charge on any atom is 0.418 e. The lowest BCUT2D eigenvalue weighted by molar-refractivity contribution is -0.137. The molecule has 1 fully saturated rings. The van der Waals surface area contributed by atoms with Crippen LogP contribution in [-0.4, -0.2) is 24.2 Å². The quantitative estimate of drug-likeness (QED) is 0.862. The van der Waals surface area contributed by atoms with E-state index in [1.807, 2.05) is 0 Å². The number of carbonyl (C=O) groups is 1. The summed E-state index contributed by atoms with van der Waals surface area (Å²) in [6.45, 7) is 0. The van der Waals surface area contributed by atoms with Crippen molar-refractivity contribution >= 4 is 17.7 Å². The van der Waals surface area contributed by atoms with Crippen molar-refractivity contribution in [2.75, 3.05) is 11.9 Å². The average molecular weight is 285 g/mol. The molecule has 1 aliphatic rings. The lowest BCUT2D eigenvalue weighted by atomic mass is 10.1. The van der Waals surface area contributed by atoms with Gasteiger partial charge in [0.15, 0.2) is 0 Å². The average Bonchev–Trinajstić information content (AvgIpc) is 3.18. The molecule has 0 aliphatic heterocycles. The summed E-state index contributed by atoms with van der Waals surface area (Å²) in [6, 6.07) is 4.02. The molecule has 20 heavy (non-hydrogen) atoms. The highest BCUT2D eigenvalue weighted by molar-refractivity contribution is 5.85. The summed E-state index contributed by atoms with van der Waals surface area (Å²) in [4.78, 5) is 12.0. The second-order valence-electron chi connectivity index (χ2n) is 4.79. The van der Waals surface area contributed by atoms with Crippen LogP contribution in [-0.2, 0) is 11.0 Å². The molecule has 1 saturated carbocycles. The van der Waals surface area contributed by atoms with Gasteiger partial charge in [-0.05, 0) is 36.6 Å². The Morgan fingerprint density at radius 3 is 2.55 bits per heavy atom. The summed E-state index contributed by atoms with van der Waals surface area (Å²) in [7, 11) is 1.65. The van der Waals surface area contributed by atoms with Crippen molar-refractivity contribution in [1.29, 1.82) is 0 Å². The van der Waals surface area contributed by atoms with E-state index in [9.17, 15) is 18.0 Å². The van der Waals surface area contributed by atoms with Gasteiger partial charge in [-0.15, -0.1) is 0 Å². The normalized spacial score (nSPS) is 15.6. The molecule has 2 rings (SSSR count). The number of hydrogen-bond donors (Lipinski definition) is 1. The smallest absolute Gasteiger partial charge is 0.418 e. The van der Waals surface area contributed by atoms with Gasteiger partial charge >= 0.3 is 12.1 Å². The first-order chi connectivity index (χ1) is 9.29. The van der Waals surface area contributed by atoms with Crippen LogP contribution >= 0.6 is 0 Å². The fourth-order valence-corrected chi connectivity index (χ4v) is 2.02. The number of halogens is 3. The van der Waals surface area contributed by atoms with Crippen LogP contribution in [0.2, 0.25) is 0 Å². The van der Waals surface area contributed by atoms with Crippen molar-refractivity contribution in [3.8, 4) is 0 Å². The lowest BCUT2D eigenvalue weighted by Gasteiger charge is -2.23. The monoisotopic (exact) mass is 285 g/mol. The number of rotatable bonds is 4. The number of anilines is 1. The van der Waals surface area contributed by atoms with Crippen molar-refractivity contribution in [2.24, 2.45) is 0 Å². The van der Waals surface area contributed by atoms with Crippen molar-refractivity contribution in [2.45, 2.75) is 25.1 Å². The maximum absolute atomic E-state index is 13.1. The van der Waals surface area contributed by atoms with E-state index in [4.69, 9.17) is 5.11 Å². The van der Waals surface area contributed by atoms with Crippen LogP contribution in [0.3, 0.4) is 0 Å². The summed E-state index contributed by atoms with van der Waals surface area (Å²) in [5.41, 5.74) is -0.389. The largest absolute Gasteiger partial charge is 0.478 e. The molecule has 1 N–H and O–H groups in total. The molecule has 3 nitrogen and oxygen atoms in total. The molecule has 0 saturated heterocycles. The Bertz CT molecular complexity index is 548. The van der Waals surface area contributed by atoms with E-state index in [1.165, 1.54) is 12.1 Å². The van der Waals surface area contributed by atoms with E-state index in [0.29, 0.717) is 0 Å². The van der Waals surface area contributed by atoms with Gasteiger partial charge in [0, 0.05) is 24.9 Å². The number of hydrogen-bond acceptors (Lipinski definition) is 2. The van der Waals surface area contributed by atoms with Crippen LogP contribution < -0.4 is 4.90 Å². The van der Waals surface area contributed by atoms with Gasteiger partial charge in [0.25, 0.3) is 0 Å². The van der Waals surface area contributed by atoms with Crippen molar-refractivity contribution in [3.05, 3.63) is 35.4 Å². The first-order valence-electron chi connectivity index (χ1n) is 6.14. The molecule has 1 aromatic carbocycles. The molecule has 1 aromatic rings. The van der Waals surface area contributed by atoms with Crippen LogP contribution in [0.4, 0.5) is 18.9 Å². The molecule has 108 valence electrons. The molecule has 1 aliphatic carbocycles.